The molecule has 42 heavy (non-hydrogen) atoms. The van der Waals surface area contributed by atoms with Gasteiger partial charge in [0.15, 0.2) is 0 Å². The van der Waals surface area contributed by atoms with Crippen molar-refractivity contribution in [2.75, 3.05) is 32.1 Å². The first kappa shape index (κ1) is 31.1. The smallest absolute Gasteiger partial charge is 0.242 e. The molecule has 0 bridgehead atoms. The number of aromatic amines is 1. The molecule has 224 valence electrons. The molecular formula is C32H41N5O4S. The molecule has 0 aliphatic heterocycles. The number of aromatic nitrogens is 1. The van der Waals surface area contributed by atoms with Gasteiger partial charge >= 0.3 is 0 Å². The predicted octanol–water partition coefficient (Wildman–Crippen LogP) is 4.48. The van der Waals surface area contributed by atoms with E-state index >= 15 is 0 Å². The first-order valence-corrected chi connectivity index (χ1v) is 15.9. The van der Waals surface area contributed by atoms with Crippen LogP contribution in [-0.2, 0) is 26.0 Å². The SMILES string of the molecule is CC(=O)NC(Cc1c[nH]c2ccccc12)C(=O)NCCCCCCCNS(=O)(=O)c1cccc2c(N(C)C)cccc12. The minimum Gasteiger partial charge on any atom is -0.377 e. The Balaban J connectivity index is 1.17. The molecule has 0 saturated heterocycles. The Morgan fingerprint density at radius 3 is 2.26 bits per heavy atom. The van der Waals surface area contributed by atoms with E-state index in [0.717, 1.165) is 59.6 Å². The van der Waals surface area contributed by atoms with Crippen molar-refractivity contribution in [3.63, 3.8) is 0 Å². The maximum absolute atomic E-state index is 13.1. The minimum atomic E-state index is -3.64. The molecule has 0 saturated carbocycles. The Kier molecular flexibility index (Phi) is 10.6. The van der Waals surface area contributed by atoms with E-state index in [1.807, 2.05) is 73.7 Å². The number of fused-ring (bicyclic) bond motifs is 2. The third-order valence-corrected chi connectivity index (χ3v) is 8.89. The summed E-state index contributed by atoms with van der Waals surface area (Å²) in [7, 11) is 0.247. The summed E-state index contributed by atoms with van der Waals surface area (Å²) < 4.78 is 28.9. The van der Waals surface area contributed by atoms with Crippen LogP contribution in [0.25, 0.3) is 21.7 Å². The molecule has 4 rings (SSSR count). The molecule has 2 amide bonds. The minimum absolute atomic E-state index is 0.198. The fourth-order valence-corrected chi connectivity index (χ4v) is 6.56. The number of nitrogens with one attached hydrogen (secondary N) is 4. The number of benzene rings is 3. The van der Waals surface area contributed by atoms with Crippen LogP contribution in [0, 0.1) is 0 Å². The highest BCUT2D eigenvalue weighted by Crippen LogP contribution is 2.30. The molecule has 1 unspecified atom stereocenters. The maximum Gasteiger partial charge on any atom is 0.242 e. The molecule has 0 spiro atoms. The number of nitrogens with zero attached hydrogens (tertiary/aromatic N) is 1. The normalized spacial score (nSPS) is 12.4. The van der Waals surface area contributed by atoms with Gasteiger partial charge < -0.3 is 20.5 Å². The van der Waals surface area contributed by atoms with Gasteiger partial charge in [0, 0.05) is 74.1 Å². The van der Waals surface area contributed by atoms with Crippen molar-refractivity contribution in [3.8, 4) is 0 Å². The van der Waals surface area contributed by atoms with E-state index in [4.69, 9.17) is 0 Å². The summed E-state index contributed by atoms with van der Waals surface area (Å²) in [6, 6.07) is 18.3. The third-order valence-electron chi connectivity index (χ3n) is 7.37. The van der Waals surface area contributed by atoms with Gasteiger partial charge in [-0.25, -0.2) is 13.1 Å². The second kappa shape index (κ2) is 14.3. The largest absolute Gasteiger partial charge is 0.377 e. The Hall–Kier alpha value is -3.89. The van der Waals surface area contributed by atoms with Gasteiger partial charge in [-0.15, -0.1) is 0 Å². The number of sulfonamides is 1. The lowest BCUT2D eigenvalue weighted by molar-refractivity contribution is -0.128. The molecule has 4 aromatic rings. The highest BCUT2D eigenvalue weighted by Gasteiger charge is 2.21. The number of hydrogen-bond donors (Lipinski definition) is 4. The van der Waals surface area contributed by atoms with Crippen LogP contribution in [0.1, 0.15) is 44.6 Å². The second-order valence-corrected chi connectivity index (χ2v) is 12.5. The Morgan fingerprint density at radius 1 is 0.833 bits per heavy atom. The Labute approximate surface area is 248 Å². The molecule has 4 N–H and O–H groups in total. The fraction of sp³-hybridized carbons (Fsp3) is 0.375. The summed E-state index contributed by atoms with van der Waals surface area (Å²) in [5.74, 6) is -0.444. The van der Waals surface area contributed by atoms with E-state index in [-0.39, 0.29) is 11.8 Å². The zero-order valence-electron chi connectivity index (χ0n) is 24.6. The highest BCUT2D eigenvalue weighted by molar-refractivity contribution is 7.89. The molecule has 10 heteroatoms. The summed E-state index contributed by atoms with van der Waals surface area (Å²) in [6.07, 6.45) is 6.55. The van der Waals surface area contributed by atoms with Gasteiger partial charge in [-0.1, -0.05) is 61.7 Å². The summed E-state index contributed by atoms with van der Waals surface area (Å²) in [5, 5.41) is 8.38. The van der Waals surface area contributed by atoms with Gasteiger partial charge in [0.25, 0.3) is 0 Å². The van der Waals surface area contributed by atoms with Gasteiger partial charge in [0.1, 0.15) is 6.04 Å². The summed E-state index contributed by atoms with van der Waals surface area (Å²) in [6.45, 7) is 2.30. The number of carbonyl (C=O) groups is 2. The number of carbonyl (C=O) groups excluding carboxylic acids is 2. The molecule has 1 heterocycles. The van der Waals surface area contributed by atoms with Crippen molar-refractivity contribution in [2.45, 2.75) is 56.4 Å². The molecule has 1 atom stereocenters. The van der Waals surface area contributed by atoms with E-state index < -0.39 is 16.1 Å². The molecule has 9 nitrogen and oxygen atoms in total. The lowest BCUT2D eigenvalue weighted by Gasteiger charge is -2.17. The van der Waals surface area contributed by atoms with E-state index in [9.17, 15) is 18.0 Å². The summed E-state index contributed by atoms with van der Waals surface area (Å²) in [4.78, 5) is 30.1. The molecule has 1 aromatic heterocycles. The molecule has 3 aromatic carbocycles. The van der Waals surface area contributed by atoms with Crippen molar-refractivity contribution in [3.05, 3.63) is 72.4 Å². The van der Waals surface area contributed by atoms with Crippen molar-refractivity contribution >= 4 is 49.2 Å². The zero-order chi connectivity index (χ0) is 30.1. The van der Waals surface area contributed by atoms with Crippen LogP contribution in [0.2, 0.25) is 0 Å². The third kappa shape index (κ3) is 7.89. The number of anilines is 1. The van der Waals surface area contributed by atoms with Crippen molar-refractivity contribution in [1.82, 2.24) is 20.3 Å². The molecule has 0 fully saturated rings. The van der Waals surface area contributed by atoms with Gasteiger partial charge in [0.2, 0.25) is 21.8 Å². The Bertz CT molecular complexity index is 1630. The number of H-pyrrole nitrogens is 1. The van der Waals surface area contributed by atoms with Crippen LogP contribution in [0.5, 0.6) is 0 Å². The summed E-state index contributed by atoms with van der Waals surface area (Å²) in [5.41, 5.74) is 2.95. The first-order chi connectivity index (χ1) is 20.2. The molecular weight excluding hydrogens is 550 g/mol. The quantitative estimate of drug-likeness (QED) is 0.152. The van der Waals surface area contributed by atoms with E-state index in [1.165, 1.54) is 6.92 Å². The number of rotatable bonds is 15. The highest BCUT2D eigenvalue weighted by atomic mass is 32.2. The van der Waals surface area contributed by atoms with Crippen LogP contribution in [-0.4, -0.2) is 58.4 Å². The summed E-state index contributed by atoms with van der Waals surface area (Å²) >= 11 is 0. The van der Waals surface area contributed by atoms with Gasteiger partial charge in [-0.2, -0.15) is 0 Å². The van der Waals surface area contributed by atoms with Crippen molar-refractivity contribution < 1.29 is 18.0 Å². The van der Waals surface area contributed by atoms with E-state index in [1.54, 1.807) is 12.1 Å². The van der Waals surface area contributed by atoms with Crippen LogP contribution in [0.4, 0.5) is 5.69 Å². The van der Waals surface area contributed by atoms with E-state index in [0.29, 0.717) is 29.8 Å². The number of para-hydroxylation sites is 1. The number of amides is 2. The molecule has 0 aliphatic carbocycles. The predicted molar refractivity (Wildman–Crippen MR) is 169 cm³/mol. The maximum atomic E-state index is 13.1. The molecule has 0 aliphatic rings. The number of hydrogen-bond acceptors (Lipinski definition) is 5. The van der Waals surface area contributed by atoms with Crippen molar-refractivity contribution in [1.29, 1.82) is 0 Å². The van der Waals surface area contributed by atoms with Gasteiger partial charge in [0.05, 0.1) is 4.90 Å². The first-order valence-electron chi connectivity index (χ1n) is 14.5. The number of unbranched alkanes of at least 4 members (excludes halogenated alkanes) is 4. The Morgan fingerprint density at radius 2 is 1.50 bits per heavy atom. The average Bonchev–Trinajstić information content (AvgIpc) is 3.37. The fourth-order valence-electron chi connectivity index (χ4n) is 5.26. The van der Waals surface area contributed by atoms with Gasteiger partial charge in [-0.05, 0) is 36.6 Å². The second-order valence-electron chi connectivity index (χ2n) is 10.8. The topological polar surface area (TPSA) is 123 Å². The van der Waals surface area contributed by atoms with Gasteiger partial charge in [-0.3, -0.25) is 9.59 Å². The van der Waals surface area contributed by atoms with E-state index in [2.05, 4.69) is 20.3 Å². The monoisotopic (exact) mass is 591 g/mol. The van der Waals surface area contributed by atoms with Crippen LogP contribution < -0.4 is 20.3 Å². The van der Waals surface area contributed by atoms with Crippen LogP contribution in [0.15, 0.2) is 71.8 Å². The van der Waals surface area contributed by atoms with Crippen LogP contribution in [0.3, 0.4) is 0 Å². The zero-order valence-corrected chi connectivity index (χ0v) is 25.4. The van der Waals surface area contributed by atoms with Crippen LogP contribution >= 0.6 is 0 Å². The average molecular weight is 592 g/mol. The lowest BCUT2D eigenvalue weighted by Crippen LogP contribution is -2.47. The molecule has 0 radical (unpaired) electrons. The standard InChI is InChI=1S/C32H41N5O4S/c1-23(38)36-29(21-24-22-34-28-16-8-7-13-25(24)28)32(39)33-19-9-5-4-6-10-20-35-42(40,41)31-18-12-14-26-27(31)15-11-17-30(26)37(2)3/h7-8,11-18,22,29,34-35H,4-6,9-10,19-21H2,1-3H3,(H,33,39)(H,36,38). The lowest BCUT2D eigenvalue weighted by atomic mass is 10.0. The van der Waals surface area contributed by atoms with Crippen molar-refractivity contribution in [2.24, 2.45) is 0 Å².